The van der Waals surface area contributed by atoms with Gasteiger partial charge >= 0.3 is 0 Å². The molecule has 274 valence electrons. The van der Waals surface area contributed by atoms with Crippen LogP contribution in [0.5, 0.6) is 0 Å². The summed E-state index contributed by atoms with van der Waals surface area (Å²) >= 11 is 0. The molecule has 4 aliphatic rings. The number of nitrogens with zero attached hydrogens (tertiary/aromatic N) is 8. The van der Waals surface area contributed by atoms with E-state index in [9.17, 15) is 0 Å². The molecule has 8 nitrogen and oxygen atoms in total. The van der Waals surface area contributed by atoms with Crippen LogP contribution < -0.4 is 19.6 Å². The Morgan fingerprint density at radius 3 is 1.58 bits per heavy atom. The van der Waals surface area contributed by atoms with E-state index in [4.69, 9.17) is 19.9 Å². The van der Waals surface area contributed by atoms with Gasteiger partial charge < -0.3 is 19.6 Å². The Kier molecular flexibility index (Phi) is 7.47. The molecule has 0 aliphatic carbocycles. The predicted molar refractivity (Wildman–Crippen MR) is 222 cm³/mol. The zero-order chi connectivity index (χ0) is 37.6. The maximum atomic E-state index is 5.54. The van der Waals surface area contributed by atoms with Crippen LogP contribution in [0.4, 0.5) is 46.0 Å². The minimum absolute atomic E-state index is 0.0180. The number of rotatable bonds is 2. The summed E-state index contributed by atoms with van der Waals surface area (Å²) in [7, 11) is 0. The molecule has 0 amide bonds. The van der Waals surface area contributed by atoms with Crippen LogP contribution in [0.2, 0.25) is 0 Å². The van der Waals surface area contributed by atoms with E-state index >= 15 is 0 Å². The fourth-order valence-electron chi connectivity index (χ4n) is 9.01. The maximum absolute atomic E-state index is 5.54. The third kappa shape index (κ3) is 5.18. The van der Waals surface area contributed by atoms with Gasteiger partial charge in [-0.15, -0.1) is 0 Å². The van der Waals surface area contributed by atoms with Crippen LogP contribution >= 0.6 is 0 Å². The fourth-order valence-corrected chi connectivity index (χ4v) is 9.01. The second kappa shape index (κ2) is 12.2. The molecule has 0 saturated heterocycles. The van der Waals surface area contributed by atoms with E-state index < -0.39 is 0 Å². The molecule has 4 atom stereocenters. The molecule has 0 spiro atoms. The summed E-state index contributed by atoms with van der Waals surface area (Å²) in [5, 5.41) is 0. The highest BCUT2D eigenvalue weighted by atomic mass is 15.5. The minimum atomic E-state index is -0.245. The lowest BCUT2D eigenvalue weighted by atomic mass is 9.76. The summed E-state index contributed by atoms with van der Waals surface area (Å²) < 4.78 is 0. The number of anilines is 8. The zero-order valence-electron chi connectivity index (χ0n) is 32.3. The lowest BCUT2D eigenvalue weighted by Crippen LogP contribution is -2.59. The quantitative estimate of drug-likeness (QED) is 0.164. The molecule has 0 saturated carbocycles. The second-order valence-electron chi connectivity index (χ2n) is 17.2. The minimum Gasteiger partial charge on any atom is -0.301 e. The van der Waals surface area contributed by atoms with Gasteiger partial charge in [-0.25, -0.2) is 19.9 Å². The lowest BCUT2D eigenvalue weighted by Gasteiger charge is -2.51. The molecule has 0 bridgehead atoms. The molecule has 55 heavy (non-hydrogen) atoms. The molecule has 2 aromatic heterocycles. The van der Waals surface area contributed by atoms with Crippen LogP contribution in [-0.2, 0) is 17.3 Å². The molecule has 0 radical (unpaired) electrons. The van der Waals surface area contributed by atoms with Crippen LogP contribution in [0.15, 0.2) is 134 Å². The Balaban J connectivity index is 1.31. The Morgan fingerprint density at radius 2 is 0.982 bits per heavy atom. The first kappa shape index (κ1) is 33.5. The van der Waals surface area contributed by atoms with E-state index in [1.807, 2.05) is 12.4 Å². The van der Waals surface area contributed by atoms with Gasteiger partial charge in [0.2, 0.25) is 0 Å². The van der Waals surface area contributed by atoms with Crippen LogP contribution in [0.3, 0.4) is 0 Å². The first-order valence-electron chi connectivity index (χ1n) is 19.5. The van der Waals surface area contributed by atoms with E-state index in [2.05, 4.69) is 182 Å². The smallest absolute Gasteiger partial charge is 0.178 e. The van der Waals surface area contributed by atoms with Crippen molar-refractivity contribution in [2.24, 2.45) is 5.92 Å². The van der Waals surface area contributed by atoms with E-state index in [0.29, 0.717) is 0 Å². The Labute approximate surface area is 323 Å². The van der Waals surface area contributed by atoms with Crippen LogP contribution in [0.1, 0.15) is 70.0 Å². The topological polar surface area (TPSA) is 64.5 Å². The van der Waals surface area contributed by atoms with Crippen molar-refractivity contribution < 1.29 is 0 Å². The van der Waals surface area contributed by atoms with Gasteiger partial charge in [0.15, 0.2) is 23.3 Å². The van der Waals surface area contributed by atoms with Gasteiger partial charge in [0.25, 0.3) is 0 Å². The maximum Gasteiger partial charge on any atom is 0.178 e. The first-order chi connectivity index (χ1) is 26.6. The first-order valence-corrected chi connectivity index (χ1v) is 19.5. The Hall–Kier alpha value is -6.02. The second-order valence-corrected chi connectivity index (χ2v) is 17.2. The molecule has 6 heterocycles. The van der Waals surface area contributed by atoms with E-state index in [1.54, 1.807) is 0 Å². The number of benzene rings is 4. The van der Waals surface area contributed by atoms with Crippen molar-refractivity contribution >= 4 is 46.0 Å². The van der Waals surface area contributed by atoms with Crippen LogP contribution in [0, 0.1) is 5.92 Å². The van der Waals surface area contributed by atoms with Crippen molar-refractivity contribution in [3.63, 3.8) is 0 Å². The molecular formula is C47H46N8. The van der Waals surface area contributed by atoms with Gasteiger partial charge in [-0.05, 0) is 53.9 Å². The molecule has 8 heteroatoms. The summed E-state index contributed by atoms with van der Waals surface area (Å²) in [5.41, 5.74) is 8.54. The standard InChI is InChI=1S/C47H46N8/c1-46(2,3)37-29-49-41-42(50-37)53(32-22-11-8-12-23-32)45-39-34(25-17-19-30-18-13-15-26-35(30)54(41)45)33-24-14-16-27-36(33)55-43-40(48-28-38(51-43)47(4,5)6)52(44(39)55)31-20-9-7-10-21-31/h7-18,20-29,34,39,44-45H,19H2,1-6H3/b25-17+. The highest BCUT2D eigenvalue weighted by Gasteiger charge is 2.58. The molecule has 0 fully saturated rings. The third-order valence-electron chi connectivity index (χ3n) is 11.6. The number of aromatic nitrogens is 4. The average Bonchev–Trinajstić information content (AvgIpc) is 3.72. The summed E-state index contributed by atoms with van der Waals surface area (Å²) in [5.74, 6) is 3.43. The highest BCUT2D eigenvalue weighted by Crippen LogP contribution is 2.60. The SMILES string of the molecule is CC(C)(C)c1cnc2c(n1)N(c1ccccc1)C1C3C(/C=C/Cc4ccccc4N21)c1ccccc1N1c2nc(C(C)(C)C)cnc2N(c2ccccc2)C31. The number of fused-ring (bicyclic) bond motifs is 14. The molecule has 4 aliphatic heterocycles. The summed E-state index contributed by atoms with van der Waals surface area (Å²) in [6, 6.07) is 39.3. The summed E-state index contributed by atoms with van der Waals surface area (Å²) in [4.78, 5) is 31.6. The molecule has 4 aromatic carbocycles. The van der Waals surface area contributed by atoms with Crippen molar-refractivity contribution in [3.8, 4) is 0 Å². The predicted octanol–water partition coefficient (Wildman–Crippen LogP) is 10.6. The van der Waals surface area contributed by atoms with E-state index in [1.165, 1.54) is 11.1 Å². The zero-order valence-corrected chi connectivity index (χ0v) is 32.3. The molecule has 6 aromatic rings. The molecule has 10 rings (SSSR count). The van der Waals surface area contributed by atoms with Gasteiger partial charge in [-0.3, -0.25) is 0 Å². The average molecular weight is 723 g/mol. The Morgan fingerprint density at radius 1 is 0.509 bits per heavy atom. The monoisotopic (exact) mass is 722 g/mol. The normalized spacial score (nSPS) is 21.6. The van der Waals surface area contributed by atoms with Crippen molar-refractivity contribution in [2.45, 2.75) is 77.0 Å². The van der Waals surface area contributed by atoms with Crippen LogP contribution in [-0.4, -0.2) is 32.3 Å². The van der Waals surface area contributed by atoms with E-state index in [-0.39, 0.29) is 35.0 Å². The number of allylic oxidation sites excluding steroid dienone is 2. The van der Waals surface area contributed by atoms with Crippen molar-refractivity contribution in [1.82, 2.24) is 19.9 Å². The molecule has 0 N–H and O–H groups in total. The molecule has 4 unspecified atom stereocenters. The van der Waals surface area contributed by atoms with Gasteiger partial charge in [0.05, 0.1) is 23.8 Å². The fraction of sp³-hybridized carbons (Fsp3) is 0.277. The number of hydrogen-bond donors (Lipinski definition) is 0. The highest BCUT2D eigenvalue weighted by molar-refractivity contribution is 5.89. The lowest BCUT2D eigenvalue weighted by molar-refractivity contribution is 0.319. The largest absolute Gasteiger partial charge is 0.301 e. The van der Waals surface area contributed by atoms with Gasteiger partial charge in [0.1, 0.15) is 12.3 Å². The van der Waals surface area contributed by atoms with Crippen molar-refractivity contribution in [2.75, 3.05) is 19.6 Å². The third-order valence-corrected chi connectivity index (χ3v) is 11.6. The molecular weight excluding hydrogens is 677 g/mol. The Bertz CT molecular complexity index is 2450. The van der Waals surface area contributed by atoms with Crippen molar-refractivity contribution in [1.29, 1.82) is 0 Å². The van der Waals surface area contributed by atoms with Crippen molar-refractivity contribution in [3.05, 3.63) is 156 Å². The van der Waals surface area contributed by atoms with Gasteiger partial charge in [-0.1, -0.05) is 126 Å². The summed E-state index contributed by atoms with van der Waals surface area (Å²) in [6.45, 7) is 13.3. The summed E-state index contributed by atoms with van der Waals surface area (Å²) in [6.07, 6.45) is 9.17. The number of hydrogen-bond acceptors (Lipinski definition) is 8. The van der Waals surface area contributed by atoms with Gasteiger partial charge in [-0.2, -0.15) is 0 Å². The van der Waals surface area contributed by atoms with Gasteiger partial charge in [0, 0.05) is 45.4 Å². The van der Waals surface area contributed by atoms with E-state index in [0.717, 1.165) is 63.8 Å². The number of para-hydroxylation sites is 4. The van der Waals surface area contributed by atoms with Crippen LogP contribution in [0.25, 0.3) is 0 Å².